The molecule has 4 heteroatoms. The molecule has 0 radical (unpaired) electrons. The molecule has 0 amide bonds. The fourth-order valence-corrected chi connectivity index (χ4v) is 1.74. The van der Waals surface area contributed by atoms with E-state index >= 15 is 0 Å². The van der Waals surface area contributed by atoms with Gasteiger partial charge in [-0.3, -0.25) is 0 Å². The Kier molecular flexibility index (Phi) is 3.84. The number of aliphatic hydroxyl groups excluding tert-OH is 1. The molecule has 1 atom stereocenters. The van der Waals surface area contributed by atoms with Crippen LogP contribution in [0.2, 0.25) is 5.02 Å². The van der Waals surface area contributed by atoms with E-state index in [9.17, 15) is 9.50 Å². The first-order chi connectivity index (χ1) is 8.56. The molecule has 2 aromatic rings. The molecule has 0 bridgehead atoms. The minimum absolute atomic E-state index is 0.371. The van der Waals surface area contributed by atoms with Crippen LogP contribution in [0.25, 0.3) is 0 Å². The Morgan fingerprint density at radius 3 is 2.61 bits per heavy atom. The van der Waals surface area contributed by atoms with Crippen molar-refractivity contribution in [3.8, 4) is 11.5 Å². The summed E-state index contributed by atoms with van der Waals surface area (Å²) >= 11 is 6.03. The molecule has 0 saturated heterocycles. The van der Waals surface area contributed by atoms with E-state index in [4.69, 9.17) is 16.3 Å². The number of benzene rings is 2. The lowest BCUT2D eigenvalue weighted by Crippen LogP contribution is -1.92. The van der Waals surface area contributed by atoms with Crippen LogP contribution in [0.3, 0.4) is 0 Å². The lowest BCUT2D eigenvalue weighted by Gasteiger charge is -2.10. The number of hydrogen-bond donors (Lipinski definition) is 1. The third-order valence-corrected chi connectivity index (χ3v) is 2.76. The minimum atomic E-state index is -0.592. The Bertz CT molecular complexity index is 555. The second-order valence-electron chi connectivity index (χ2n) is 3.93. The highest BCUT2D eigenvalue weighted by atomic mass is 35.5. The SMILES string of the molecule is C[C@H](O)c1ccc(Oc2cccc(F)c2)c(Cl)c1. The van der Waals surface area contributed by atoms with Gasteiger partial charge in [0.1, 0.15) is 17.3 Å². The zero-order valence-corrected chi connectivity index (χ0v) is 10.5. The number of rotatable bonds is 3. The van der Waals surface area contributed by atoms with E-state index in [1.807, 2.05) is 0 Å². The molecule has 2 nitrogen and oxygen atoms in total. The monoisotopic (exact) mass is 266 g/mol. The van der Waals surface area contributed by atoms with Gasteiger partial charge in [0.15, 0.2) is 0 Å². The van der Waals surface area contributed by atoms with Crippen LogP contribution >= 0.6 is 11.6 Å². The zero-order chi connectivity index (χ0) is 13.1. The molecular weight excluding hydrogens is 255 g/mol. The van der Waals surface area contributed by atoms with Gasteiger partial charge in [0, 0.05) is 6.07 Å². The molecule has 2 rings (SSSR count). The third-order valence-electron chi connectivity index (χ3n) is 2.46. The minimum Gasteiger partial charge on any atom is -0.456 e. The number of hydrogen-bond acceptors (Lipinski definition) is 2. The quantitative estimate of drug-likeness (QED) is 0.896. The molecule has 0 spiro atoms. The molecule has 0 aromatic heterocycles. The molecule has 0 aliphatic carbocycles. The van der Waals surface area contributed by atoms with Crippen molar-refractivity contribution in [3.63, 3.8) is 0 Å². The van der Waals surface area contributed by atoms with Gasteiger partial charge in [-0.25, -0.2) is 4.39 Å². The Morgan fingerprint density at radius 1 is 1.22 bits per heavy atom. The first-order valence-electron chi connectivity index (χ1n) is 5.47. The van der Waals surface area contributed by atoms with Gasteiger partial charge < -0.3 is 9.84 Å². The van der Waals surface area contributed by atoms with Gasteiger partial charge in [0.05, 0.1) is 11.1 Å². The lowest BCUT2D eigenvalue weighted by molar-refractivity contribution is 0.199. The third kappa shape index (κ3) is 3.00. The Balaban J connectivity index is 2.24. The van der Waals surface area contributed by atoms with E-state index in [-0.39, 0.29) is 5.82 Å². The predicted molar refractivity (Wildman–Crippen MR) is 68.6 cm³/mol. The highest BCUT2D eigenvalue weighted by Crippen LogP contribution is 2.31. The summed E-state index contributed by atoms with van der Waals surface area (Å²) in [6.45, 7) is 1.65. The molecule has 0 aliphatic rings. The number of halogens is 2. The molecule has 0 heterocycles. The first-order valence-corrected chi connectivity index (χ1v) is 5.85. The molecule has 1 N–H and O–H groups in total. The highest BCUT2D eigenvalue weighted by Gasteiger charge is 2.07. The summed E-state index contributed by atoms with van der Waals surface area (Å²) in [5.41, 5.74) is 0.701. The van der Waals surface area contributed by atoms with E-state index in [1.165, 1.54) is 12.1 Å². The van der Waals surface area contributed by atoms with Gasteiger partial charge in [-0.1, -0.05) is 23.7 Å². The fourth-order valence-electron chi connectivity index (χ4n) is 1.52. The Morgan fingerprint density at radius 2 is 2.00 bits per heavy atom. The topological polar surface area (TPSA) is 29.5 Å². The van der Waals surface area contributed by atoms with Crippen LogP contribution in [-0.2, 0) is 0 Å². The molecular formula is C14H12ClFO2. The summed E-state index contributed by atoms with van der Waals surface area (Å²) in [5, 5.41) is 9.79. The molecule has 2 aromatic carbocycles. The summed E-state index contributed by atoms with van der Waals surface area (Å²) < 4.78 is 18.5. The van der Waals surface area contributed by atoms with Crippen molar-refractivity contribution < 1.29 is 14.2 Å². The van der Waals surface area contributed by atoms with E-state index in [1.54, 1.807) is 37.3 Å². The largest absolute Gasteiger partial charge is 0.456 e. The van der Waals surface area contributed by atoms with Crippen molar-refractivity contribution in [2.45, 2.75) is 13.0 Å². The average Bonchev–Trinajstić information content (AvgIpc) is 2.31. The predicted octanol–water partition coefficient (Wildman–Crippen LogP) is 4.32. The van der Waals surface area contributed by atoms with Crippen LogP contribution in [0.5, 0.6) is 11.5 Å². The standard InChI is InChI=1S/C14H12ClFO2/c1-9(17)10-5-6-14(13(15)7-10)18-12-4-2-3-11(16)8-12/h2-9,17H,1H3/t9-/m0/s1. The molecule has 0 saturated carbocycles. The van der Waals surface area contributed by atoms with Gasteiger partial charge in [-0.15, -0.1) is 0 Å². The van der Waals surface area contributed by atoms with Crippen molar-refractivity contribution in [2.24, 2.45) is 0 Å². The molecule has 0 aliphatic heterocycles. The Labute approximate surface area is 110 Å². The summed E-state index contributed by atoms with van der Waals surface area (Å²) in [7, 11) is 0. The second kappa shape index (κ2) is 5.38. The van der Waals surface area contributed by atoms with E-state index < -0.39 is 6.10 Å². The summed E-state index contributed by atoms with van der Waals surface area (Å²) in [5.74, 6) is 0.428. The van der Waals surface area contributed by atoms with Crippen molar-refractivity contribution >= 4 is 11.6 Å². The number of ether oxygens (including phenoxy) is 1. The summed E-state index contributed by atoms with van der Waals surface area (Å²) in [4.78, 5) is 0. The highest BCUT2D eigenvalue weighted by molar-refractivity contribution is 6.32. The van der Waals surface area contributed by atoms with Crippen LogP contribution in [0, 0.1) is 5.82 Å². The summed E-state index contributed by atoms with van der Waals surface area (Å²) in [6, 6.07) is 10.8. The molecule has 0 unspecified atom stereocenters. The maximum atomic E-state index is 13.0. The van der Waals surface area contributed by atoms with Gasteiger partial charge in [0.25, 0.3) is 0 Å². The van der Waals surface area contributed by atoms with Crippen molar-refractivity contribution in [3.05, 3.63) is 58.9 Å². The van der Waals surface area contributed by atoms with Gasteiger partial charge in [-0.2, -0.15) is 0 Å². The molecule has 0 fully saturated rings. The van der Waals surface area contributed by atoms with Gasteiger partial charge in [-0.05, 0) is 36.8 Å². The van der Waals surface area contributed by atoms with Crippen molar-refractivity contribution in [2.75, 3.05) is 0 Å². The van der Waals surface area contributed by atoms with Crippen LogP contribution in [-0.4, -0.2) is 5.11 Å². The van der Waals surface area contributed by atoms with Crippen LogP contribution in [0.15, 0.2) is 42.5 Å². The van der Waals surface area contributed by atoms with E-state index in [0.29, 0.717) is 22.1 Å². The maximum Gasteiger partial charge on any atom is 0.146 e. The molecule has 94 valence electrons. The number of aliphatic hydroxyl groups is 1. The van der Waals surface area contributed by atoms with E-state index in [0.717, 1.165) is 0 Å². The van der Waals surface area contributed by atoms with Crippen LogP contribution in [0.4, 0.5) is 4.39 Å². The smallest absolute Gasteiger partial charge is 0.146 e. The van der Waals surface area contributed by atoms with Gasteiger partial charge in [0.2, 0.25) is 0 Å². The molecule has 18 heavy (non-hydrogen) atoms. The fraction of sp³-hybridized carbons (Fsp3) is 0.143. The zero-order valence-electron chi connectivity index (χ0n) is 9.73. The summed E-state index contributed by atoms with van der Waals surface area (Å²) in [6.07, 6.45) is -0.592. The van der Waals surface area contributed by atoms with Crippen LogP contribution in [0.1, 0.15) is 18.6 Å². The van der Waals surface area contributed by atoms with Crippen LogP contribution < -0.4 is 4.74 Å². The second-order valence-corrected chi connectivity index (χ2v) is 4.33. The lowest BCUT2D eigenvalue weighted by atomic mass is 10.1. The average molecular weight is 267 g/mol. The maximum absolute atomic E-state index is 13.0. The van der Waals surface area contributed by atoms with Crippen molar-refractivity contribution in [1.29, 1.82) is 0 Å². The van der Waals surface area contributed by atoms with Gasteiger partial charge >= 0.3 is 0 Å². The normalized spacial score (nSPS) is 12.2. The Hall–Kier alpha value is -1.58. The first kappa shape index (κ1) is 12.9. The van der Waals surface area contributed by atoms with Crippen molar-refractivity contribution in [1.82, 2.24) is 0 Å². The van der Waals surface area contributed by atoms with E-state index in [2.05, 4.69) is 0 Å².